The lowest BCUT2D eigenvalue weighted by Crippen LogP contribution is -2.17. The van der Waals surface area contributed by atoms with Crippen molar-refractivity contribution in [2.75, 3.05) is 0 Å². The molecule has 0 fully saturated rings. The fourth-order valence-corrected chi connectivity index (χ4v) is 3.44. The zero-order chi connectivity index (χ0) is 16.7. The Bertz CT molecular complexity index is 941. The minimum absolute atomic E-state index is 0.0850. The Morgan fingerprint density at radius 2 is 1.50 bits per heavy atom. The third-order valence-corrected chi connectivity index (χ3v) is 5.42. The van der Waals surface area contributed by atoms with Crippen LogP contribution in [0.3, 0.4) is 0 Å². The Hall–Kier alpha value is -2.54. The SMILES string of the molecule is CC(C)C1(C)C=Cc2c(n(-c3ccccc3)c3ccccc23)C=C1. The van der Waals surface area contributed by atoms with Crippen LogP contribution in [-0.2, 0) is 0 Å². The molecule has 0 bridgehead atoms. The quantitative estimate of drug-likeness (QED) is 0.521. The summed E-state index contributed by atoms with van der Waals surface area (Å²) in [6.07, 6.45) is 9.35. The maximum Gasteiger partial charge on any atom is 0.0541 e. The second-order valence-corrected chi connectivity index (χ2v) is 7.17. The van der Waals surface area contributed by atoms with Gasteiger partial charge in [0, 0.05) is 22.1 Å². The summed E-state index contributed by atoms with van der Waals surface area (Å²) in [7, 11) is 0. The fourth-order valence-electron chi connectivity index (χ4n) is 3.44. The predicted octanol–water partition coefficient (Wildman–Crippen LogP) is 6.33. The molecule has 1 aliphatic carbocycles. The third kappa shape index (κ3) is 2.24. The van der Waals surface area contributed by atoms with Crippen molar-refractivity contribution < 1.29 is 0 Å². The van der Waals surface area contributed by atoms with Gasteiger partial charge < -0.3 is 4.57 Å². The highest BCUT2D eigenvalue weighted by Gasteiger charge is 2.25. The van der Waals surface area contributed by atoms with Crippen molar-refractivity contribution in [3.63, 3.8) is 0 Å². The van der Waals surface area contributed by atoms with E-state index in [1.54, 1.807) is 0 Å². The van der Waals surface area contributed by atoms with Gasteiger partial charge in [0.15, 0.2) is 0 Å². The van der Waals surface area contributed by atoms with E-state index in [2.05, 4.69) is 104 Å². The van der Waals surface area contributed by atoms with Crippen LogP contribution in [0, 0.1) is 11.3 Å². The maximum absolute atomic E-state index is 2.37. The summed E-state index contributed by atoms with van der Waals surface area (Å²) >= 11 is 0. The van der Waals surface area contributed by atoms with Crippen LogP contribution in [0.25, 0.3) is 28.7 Å². The number of benzene rings is 2. The van der Waals surface area contributed by atoms with Gasteiger partial charge in [-0.05, 0) is 30.2 Å². The number of nitrogens with zero attached hydrogens (tertiary/aromatic N) is 1. The molecule has 3 aromatic rings. The number of para-hydroxylation sites is 2. The van der Waals surface area contributed by atoms with Gasteiger partial charge in [-0.3, -0.25) is 0 Å². The fraction of sp³-hybridized carbons (Fsp3) is 0.217. The van der Waals surface area contributed by atoms with E-state index >= 15 is 0 Å². The molecule has 0 radical (unpaired) electrons. The van der Waals surface area contributed by atoms with Crippen molar-refractivity contribution in [2.45, 2.75) is 20.8 Å². The standard InChI is InChI=1S/C23H23N/c1-17(2)23(3)15-13-20-19-11-7-8-12-21(19)24(22(20)14-16-23)18-9-5-4-6-10-18/h4-17H,1-3H3. The smallest absolute Gasteiger partial charge is 0.0541 e. The highest BCUT2D eigenvalue weighted by molar-refractivity contribution is 5.96. The Morgan fingerprint density at radius 3 is 2.25 bits per heavy atom. The molecule has 120 valence electrons. The van der Waals surface area contributed by atoms with Crippen LogP contribution in [0.5, 0.6) is 0 Å². The van der Waals surface area contributed by atoms with E-state index in [9.17, 15) is 0 Å². The Labute approximate surface area is 143 Å². The molecule has 0 aliphatic heterocycles. The van der Waals surface area contributed by atoms with Gasteiger partial charge >= 0.3 is 0 Å². The van der Waals surface area contributed by atoms with E-state index in [-0.39, 0.29) is 5.41 Å². The van der Waals surface area contributed by atoms with Crippen LogP contribution in [0.1, 0.15) is 32.0 Å². The molecule has 1 heteroatoms. The van der Waals surface area contributed by atoms with Crippen LogP contribution in [-0.4, -0.2) is 4.57 Å². The molecule has 1 atom stereocenters. The zero-order valence-electron chi connectivity index (χ0n) is 14.5. The van der Waals surface area contributed by atoms with Gasteiger partial charge in [-0.25, -0.2) is 0 Å². The first kappa shape index (κ1) is 15.0. The van der Waals surface area contributed by atoms with E-state index in [4.69, 9.17) is 0 Å². The van der Waals surface area contributed by atoms with Crippen molar-refractivity contribution in [3.05, 3.63) is 78.0 Å². The largest absolute Gasteiger partial charge is 0.309 e. The Balaban J connectivity index is 2.04. The normalized spacial score (nSPS) is 19.7. The lowest BCUT2D eigenvalue weighted by molar-refractivity contribution is 0.387. The molecular weight excluding hydrogens is 290 g/mol. The molecule has 0 amide bonds. The number of aromatic nitrogens is 1. The van der Waals surface area contributed by atoms with E-state index in [1.165, 1.54) is 27.8 Å². The molecule has 0 saturated carbocycles. The molecule has 1 aromatic heterocycles. The van der Waals surface area contributed by atoms with Gasteiger partial charge in [0.25, 0.3) is 0 Å². The van der Waals surface area contributed by atoms with Crippen molar-refractivity contribution in [1.29, 1.82) is 0 Å². The van der Waals surface area contributed by atoms with Crippen molar-refractivity contribution in [1.82, 2.24) is 4.57 Å². The van der Waals surface area contributed by atoms with E-state index in [0.717, 1.165) is 0 Å². The molecular formula is C23H23N. The summed E-state index contributed by atoms with van der Waals surface area (Å²) in [5, 5.41) is 1.31. The summed E-state index contributed by atoms with van der Waals surface area (Å²) in [4.78, 5) is 0. The molecule has 0 N–H and O–H groups in total. The van der Waals surface area contributed by atoms with Crippen LogP contribution in [0.15, 0.2) is 66.7 Å². The van der Waals surface area contributed by atoms with E-state index < -0.39 is 0 Å². The maximum atomic E-state index is 2.37. The van der Waals surface area contributed by atoms with Gasteiger partial charge in [-0.2, -0.15) is 0 Å². The molecule has 1 unspecified atom stereocenters. The highest BCUT2D eigenvalue weighted by Crippen LogP contribution is 2.39. The van der Waals surface area contributed by atoms with Crippen molar-refractivity contribution in [2.24, 2.45) is 11.3 Å². The Kier molecular flexibility index (Phi) is 3.45. The first-order valence-electron chi connectivity index (χ1n) is 8.67. The molecule has 0 saturated heterocycles. The van der Waals surface area contributed by atoms with Gasteiger partial charge in [0.05, 0.1) is 11.2 Å². The van der Waals surface area contributed by atoms with Crippen molar-refractivity contribution >= 4 is 23.1 Å². The summed E-state index contributed by atoms with van der Waals surface area (Å²) < 4.78 is 2.37. The number of rotatable bonds is 2. The topological polar surface area (TPSA) is 4.93 Å². The van der Waals surface area contributed by atoms with E-state index in [0.29, 0.717) is 5.92 Å². The van der Waals surface area contributed by atoms with Gasteiger partial charge in [-0.1, -0.05) is 75.4 Å². The highest BCUT2D eigenvalue weighted by atomic mass is 15.0. The molecule has 0 spiro atoms. The average Bonchev–Trinajstić information content (AvgIpc) is 2.81. The second kappa shape index (κ2) is 5.52. The first-order valence-corrected chi connectivity index (χ1v) is 8.67. The summed E-state index contributed by atoms with van der Waals surface area (Å²) in [6, 6.07) is 19.3. The summed E-state index contributed by atoms with van der Waals surface area (Å²) in [5.41, 5.74) is 5.14. The van der Waals surface area contributed by atoms with E-state index in [1.807, 2.05) is 0 Å². The average molecular weight is 313 g/mol. The monoisotopic (exact) mass is 313 g/mol. The molecule has 1 heterocycles. The molecule has 24 heavy (non-hydrogen) atoms. The number of allylic oxidation sites excluding steroid dienone is 2. The second-order valence-electron chi connectivity index (χ2n) is 7.17. The predicted molar refractivity (Wildman–Crippen MR) is 104 cm³/mol. The minimum atomic E-state index is 0.0850. The van der Waals surface area contributed by atoms with Crippen LogP contribution in [0.2, 0.25) is 0 Å². The Morgan fingerprint density at radius 1 is 0.833 bits per heavy atom. The third-order valence-electron chi connectivity index (χ3n) is 5.42. The van der Waals surface area contributed by atoms with Crippen LogP contribution in [0.4, 0.5) is 0 Å². The number of hydrogen-bond acceptors (Lipinski definition) is 0. The molecule has 4 rings (SSSR count). The molecule has 2 aromatic carbocycles. The zero-order valence-corrected chi connectivity index (χ0v) is 14.5. The first-order chi connectivity index (χ1) is 11.6. The lowest BCUT2D eigenvalue weighted by atomic mass is 9.79. The van der Waals surface area contributed by atoms with Crippen molar-refractivity contribution in [3.8, 4) is 5.69 Å². The summed E-state index contributed by atoms with van der Waals surface area (Å²) in [6.45, 7) is 6.88. The number of fused-ring (bicyclic) bond motifs is 3. The van der Waals surface area contributed by atoms with Gasteiger partial charge in [-0.15, -0.1) is 0 Å². The van der Waals surface area contributed by atoms with Crippen LogP contribution >= 0.6 is 0 Å². The molecule has 1 aliphatic rings. The molecule has 1 nitrogen and oxygen atoms in total. The summed E-state index contributed by atoms with van der Waals surface area (Å²) in [5.74, 6) is 0.561. The lowest BCUT2D eigenvalue weighted by Gasteiger charge is -2.26. The van der Waals surface area contributed by atoms with Gasteiger partial charge in [0.2, 0.25) is 0 Å². The van der Waals surface area contributed by atoms with Gasteiger partial charge in [0.1, 0.15) is 0 Å². The minimum Gasteiger partial charge on any atom is -0.309 e. The van der Waals surface area contributed by atoms with Crippen LogP contribution < -0.4 is 0 Å². The number of hydrogen-bond donors (Lipinski definition) is 0.